The minimum absolute atomic E-state index is 0.309. The van der Waals surface area contributed by atoms with Gasteiger partial charge >= 0.3 is 5.97 Å². The van der Waals surface area contributed by atoms with E-state index in [4.69, 9.17) is 4.74 Å². The molecule has 3 nitrogen and oxygen atoms in total. The molecule has 0 fully saturated rings. The van der Waals surface area contributed by atoms with E-state index in [0.717, 1.165) is 16.7 Å². The number of carboxylic acid groups (broad SMARTS) is 1. The number of hydrogen-bond donors (Lipinski definition) is 1. The van der Waals surface area contributed by atoms with Crippen LogP contribution >= 0.6 is 0 Å². The highest BCUT2D eigenvalue weighted by molar-refractivity contribution is 5.96. The molecular formula is C16H16O3. The fourth-order valence-electron chi connectivity index (χ4n) is 1.95. The monoisotopic (exact) mass is 256 g/mol. The lowest BCUT2D eigenvalue weighted by atomic mass is 9.98. The molecule has 0 heterocycles. The number of rotatable bonds is 5. The highest BCUT2D eigenvalue weighted by Crippen LogP contribution is 2.25. The Balaban J connectivity index is 2.41. The molecule has 98 valence electrons. The Bertz CT molecular complexity index is 561. The zero-order valence-corrected chi connectivity index (χ0v) is 10.8. The fourth-order valence-corrected chi connectivity index (χ4v) is 1.95. The van der Waals surface area contributed by atoms with Gasteiger partial charge in [-0.2, -0.15) is 0 Å². The van der Waals surface area contributed by atoms with Crippen LogP contribution in [0.3, 0.4) is 0 Å². The molecule has 0 atom stereocenters. The van der Waals surface area contributed by atoms with Crippen LogP contribution in [0.4, 0.5) is 0 Å². The van der Waals surface area contributed by atoms with Gasteiger partial charge in [0.05, 0.1) is 12.2 Å². The van der Waals surface area contributed by atoms with Gasteiger partial charge in [-0.1, -0.05) is 42.5 Å². The van der Waals surface area contributed by atoms with Gasteiger partial charge in [0.15, 0.2) is 0 Å². The maximum Gasteiger partial charge on any atom is 0.336 e. The smallest absolute Gasteiger partial charge is 0.336 e. The van der Waals surface area contributed by atoms with Gasteiger partial charge in [-0.15, -0.1) is 0 Å². The van der Waals surface area contributed by atoms with Gasteiger partial charge in [-0.05, 0) is 29.7 Å². The van der Waals surface area contributed by atoms with E-state index in [-0.39, 0.29) is 0 Å². The van der Waals surface area contributed by atoms with E-state index in [1.807, 2.05) is 49.4 Å². The van der Waals surface area contributed by atoms with Crippen molar-refractivity contribution >= 4 is 5.97 Å². The van der Waals surface area contributed by atoms with Crippen LogP contribution in [0.15, 0.2) is 48.5 Å². The maximum atomic E-state index is 11.4. The summed E-state index contributed by atoms with van der Waals surface area (Å²) in [6.45, 7) is 2.96. The lowest BCUT2D eigenvalue weighted by Gasteiger charge is -2.09. The molecule has 2 aromatic rings. The standard InChI is InChI=1S/C16H16O3/c1-2-19-11-12-8-9-14(15(10-12)16(17)18)13-6-4-3-5-7-13/h3-10H,2,11H2,1H3,(H,17,18). The van der Waals surface area contributed by atoms with Crippen molar-refractivity contribution in [3.05, 3.63) is 59.7 Å². The first-order chi connectivity index (χ1) is 9.22. The zero-order valence-electron chi connectivity index (χ0n) is 10.8. The average Bonchev–Trinajstić information content (AvgIpc) is 2.45. The van der Waals surface area contributed by atoms with E-state index in [1.54, 1.807) is 6.07 Å². The van der Waals surface area contributed by atoms with Crippen molar-refractivity contribution < 1.29 is 14.6 Å². The van der Waals surface area contributed by atoms with Gasteiger partial charge in [0.1, 0.15) is 0 Å². The largest absolute Gasteiger partial charge is 0.478 e. The van der Waals surface area contributed by atoms with Crippen LogP contribution < -0.4 is 0 Å². The summed E-state index contributed by atoms with van der Waals surface area (Å²) in [6.07, 6.45) is 0. The molecule has 0 bridgehead atoms. The Labute approximate surface area is 112 Å². The molecule has 19 heavy (non-hydrogen) atoms. The minimum Gasteiger partial charge on any atom is -0.478 e. The number of aromatic carboxylic acids is 1. The molecule has 0 unspecified atom stereocenters. The van der Waals surface area contributed by atoms with E-state index < -0.39 is 5.97 Å². The molecule has 0 aromatic heterocycles. The van der Waals surface area contributed by atoms with E-state index in [0.29, 0.717) is 18.8 Å². The van der Waals surface area contributed by atoms with Gasteiger partial charge in [-0.3, -0.25) is 0 Å². The molecule has 0 aliphatic rings. The molecule has 0 saturated carbocycles. The Hall–Kier alpha value is -2.13. The Morgan fingerprint density at radius 2 is 1.89 bits per heavy atom. The van der Waals surface area contributed by atoms with Crippen molar-refractivity contribution in [2.24, 2.45) is 0 Å². The highest BCUT2D eigenvalue weighted by atomic mass is 16.5. The molecule has 0 amide bonds. The summed E-state index contributed by atoms with van der Waals surface area (Å²) < 4.78 is 5.31. The first-order valence-electron chi connectivity index (χ1n) is 6.21. The second-order valence-electron chi connectivity index (χ2n) is 4.19. The van der Waals surface area contributed by atoms with Gasteiger partial charge in [-0.25, -0.2) is 4.79 Å². The summed E-state index contributed by atoms with van der Waals surface area (Å²) in [6, 6.07) is 14.9. The lowest BCUT2D eigenvalue weighted by molar-refractivity contribution is 0.0697. The van der Waals surface area contributed by atoms with Gasteiger partial charge < -0.3 is 9.84 Å². The van der Waals surface area contributed by atoms with Crippen LogP contribution in [-0.4, -0.2) is 17.7 Å². The van der Waals surface area contributed by atoms with Crippen molar-refractivity contribution in [2.45, 2.75) is 13.5 Å². The Kier molecular flexibility index (Phi) is 4.31. The summed E-state index contributed by atoms with van der Waals surface area (Å²) in [4.78, 5) is 11.4. The third-order valence-corrected chi connectivity index (χ3v) is 2.87. The Morgan fingerprint density at radius 3 is 2.53 bits per heavy atom. The summed E-state index contributed by atoms with van der Waals surface area (Å²) in [5.74, 6) is -0.919. The van der Waals surface area contributed by atoms with Crippen LogP contribution in [0.25, 0.3) is 11.1 Å². The minimum atomic E-state index is -0.919. The molecule has 3 heteroatoms. The molecule has 0 radical (unpaired) electrons. The quantitative estimate of drug-likeness (QED) is 0.889. The van der Waals surface area contributed by atoms with Crippen LogP contribution in [0.1, 0.15) is 22.8 Å². The highest BCUT2D eigenvalue weighted by Gasteiger charge is 2.12. The van der Waals surface area contributed by atoms with Gasteiger partial charge in [0.2, 0.25) is 0 Å². The normalized spacial score (nSPS) is 10.4. The van der Waals surface area contributed by atoms with Crippen molar-refractivity contribution in [2.75, 3.05) is 6.61 Å². The van der Waals surface area contributed by atoms with E-state index in [1.165, 1.54) is 0 Å². The molecule has 2 rings (SSSR count). The van der Waals surface area contributed by atoms with Crippen molar-refractivity contribution in [3.8, 4) is 11.1 Å². The third kappa shape index (κ3) is 3.20. The summed E-state index contributed by atoms with van der Waals surface area (Å²) in [5, 5.41) is 9.34. The third-order valence-electron chi connectivity index (χ3n) is 2.87. The molecule has 0 aliphatic carbocycles. The molecular weight excluding hydrogens is 240 g/mol. The van der Waals surface area contributed by atoms with Crippen LogP contribution in [0, 0.1) is 0 Å². The van der Waals surface area contributed by atoms with E-state index >= 15 is 0 Å². The molecule has 1 N–H and O–H groups in total. The zero-order chi connectivity index (χ0) is 13.7. The van der Waals surface area contributed by atoms with Crippen LogP contribution in [0.2, 0.25) is 0 Å². The maximum absolute atomic E-state index is 11.4. The van der Waals surface area contributed by atoms with Crippen LogP contribution in [-0.2, 0) is 11.3 Å². The average molecular weight is 256 g/mol. The van der Waals surface area contributed by atoms with E-state index in [2.05, 4.69) is 0 Å². The molecule has 0 spiro atoms. The SMILES string of the molecule is CCOCc1ccc(-c2ccccc2)c(C(=O)O)c1. The second kappa shape index (κ2) is 6.16. The summed E-state index contributed by atoms with van der Waals surface area (Å²) in [7, 11) is 0. The molecule has 2 aromatic carbocycles. The van der Waals surface area contributed by atoms with Crippen LogP contribution in [0.5, 0.6) is 0 Å². The van der Waals surface area contributed by atoms with Crippen molar-refractivity contribution in [1.29, 1.82) is 0 Å². The topological polar surface area (TPSA) is 46.5 Å². The lowest BCUT2D eigenvalue weighted by Crippen LogP contribution is -2.02. The van der Waals surface area contributed by atoms with Crippen molar-refractivity contribution in [3.63, 3.8) is 0 Å². The number of benzene rings is 2. The molecule has 0 saturated heterocycles. The van der Waals surface area contributed by atoms with Gasteiger partial charge in [0, 0.05) is 6.61 Å². The van der Waals surface area contributed by atoms with E-state index in [9.17, 15) is 9.90 Å². The summed E-state index contributed by atoms with van der Waals surface area (Å²) >= 11 is 0. The number of ether oxygens (including phenoxy) is 1. The van der Waals surface area contributed by atoms with Crippen molar-refractivity contribution in [1.82, 2.24) is 0 Å². The Morgan fingerprint density at radius 1 is 1.16 bits per heavy atom. The number of carboxylic acids is 1. The predicted molar refractivity (Wildman–Crippen MR) is 74.2 cm³/mol. The van der Waals surface area contributed by atoms with Gasteiger partial charge in [0.25, 0.3) is 0 Å². The predicted octanol–water partition coefficient (Wildman–Crippen LogP) is 3.59. The first-order valence-corrected chi connectivity index (χ1v) is 6.21. The number of carbonyl (C=O) groups is 1. The second-order valence-corrected chi connectivity index (χ2v) is 4.19. The number of hydrogen-bond acceptors (Lipinski definition) is 2. The first kappa shape index (κ1) is 13.3. The molecule has 0 aliphatic heterocycles. The fraction of sp³-hybridized carbons (Fsp3) is 0.188. The summed E-state index contributed by atoms with van der Waals surface area (Å²) in [5.41, 5.74) is 2.82.